The van der Waals surface area contributed by atoms with E-state index in [-0.39, 0.29) is 24.3 Å². The van der Waals surface area contributed by atoms with Crippen LogP contribution in [-0.4, -0.2) is 24.3 Å². The van der Waals surface area contributed by atoms with Gasteiger partial charge in [-0.15, -0.1) is 0 Å². The maximum atomic E-state index is 12.2. The number of Topliss-reactive ketones (excluding diaryl/α,β-unsaturated/α-hetero) is 1. The number of anilines is 1. The summed E-state index contributed by atoms with van der Waals surface area (Å²) in [5.41, 5.74) is 1.13. The number of hydrogen-bond donors (Lipinski definition) is 1. The first-order valence-electron chi connectivity index (χ1n) is 9.99. The highest BCUT2D eigenvalue weighted by atomic mass is 16.5. The van der Waals surface area contributed by atoms with Crippen LogP contribution < -0.4 is 5.32 Å². The van der Waals surface area contributed by atoms with Gasteiger partial charge in [-0.3, -0.25) is 14.4 Å². The Balaban J connectivity index is 1.42. The van der Waals surface area contributed by atoms with Gasteiger partial charge in [-0.2, -0.15) is 0 Å². The van der Waals surface area contributed by atoms with E-state index in [0.29, 0.717) is 41.8 Å². The SMILES string of the molecule is CC(C)CC(=O)Nc1ccc(C(=O)COC(=O)C[C@@H]2C[C@@H]3CC[C@@H]2C3)cc1. The van der Waals surface area contributed by atoms with Crippen LogP contribution in [0.4, 0.5) is 5.69 Å². The molecule has 3 atom stereocenters. The van der Waals surface area contributed by atoms with Crippen LogP contribution in [0.1, 0.15) is 62.7 Å². The Kier molecular flexibility index (Phi) is 6.30. The van der Waals surface area contributed by atoms with Crippen molar-refractivity contribution in [3.63, 3.8) is 0 Å². The van der Waals surface area contributed by atoms with Gasteiger partial charge in [-0.25, -0.2) is 0 Å². The Morgan fingerprint density at radius 2 is 1.85 bits per heavy atom. The Morgan fingerprint density at radius 1 is 1.11 bits per heavy atom. The fourth-order valence-corrected chi connectivity index (χ4v) is 4.45. The van der Waals surface area contributed by atoms with Crippen molar-refractivity contribution < 1.29 is 19.1 Å². The predicted octanol–water partition coefficient (Wildman–Crippen LogP) is 4.22. The molecule has 0 saturated heterocycles. The average Bonchev–Trinajstić information content (AvgIpc) is 3.22. The fraction of sp³-hybridized carbons (Fsp3) is 0.591. The van der Waals surface area contributed by atoms with Gasteiger partial charge in [0.05, 0.1) is 0 Å². The van der Waals surface area contributed by atoms with Crippen LogP contribution in [0.25, 0.3) is 0 Å². The third-order valence-corrected chi connectivity index (χ3v) is 5.76. The molecule has 0 spiro atoms. The zero-order valence-electron chi connectivity index (χ0n) is 16.2. The van der Waals surface area contributed by atoms with E-state index in [1.165, 1.54) is 19.3 Å². The summed E-state index contributed by atoms with van der Waals surface area (Å²) in [6.45, 7) is 3.75. The van der Waals surface area contributed by atoms with Crippen molar-refractivity contribution in [2.75, 3.05) is 11.9 Å². The van der Waals surface area contributed by atoms with Crippen molar-refractivity contribution in [1.82, 2.24) is 0 Å². The van der Waals surface area contributed by atoms with Gasteiger partial charge >= 0.3 is 5.97 Å². The zero-order chi connectivity index (χ0) is 19.4. The van der Waals surface area contributed by atoms with Crippen molar-refractivity contribution in [2.45, 2.75) is 52.4 Å². The minimum absolute atomic E-state index is 0.0429. The molecule has 0 unspecified atom stereocenters. The molecular formula is C22H29NO4. The van der Waals surface area contributed by atoms with Crippen LogP contribution in [0.15, 0.2) is 24.3 Å². The maximum Gasteiger partial charge on any atom is 0.306 e. The summed E-state index contributed by atoms with van der Waals surface area (Å²) >= 11 is 0. The van der Waals surface area contributed by atoms with Gasteiger partial charge in [0.15, 0.2) is 12.4 Å². The van der Waals surface area contributed by atoms with Crippen LogP contribution in [0.3, 0.4) is 0 Å². The van der Waals surface area contributed by atoms with Crippen molar-refractivity contribution in [1.29, 1.82) is 0 Å². The van der Waals surface area contributed by atoms with Gasteiger partial charge in [0, 0.05) is 24.1 Å². The van der Waals surface area contributed by atoms with Crippen LogP contribution >= 0.6 is 0 Å². The number of amides is 1. The number of ether oxygens (including phenoxy) is 1. The van der Waals surface area contributed by atoms with E-state index >= 15 is 0 Å². The van der Waals surface area contributed by atoms with Gasteiger partial charge in [0.2, 0.25) is 5.91 Å². The normalized spacial score (nSPS) is 23.4. The van der Waals surface area contributed by atoms with E-state index in [0.717, 1.165) is 12.3 Å². The number of fused-ring (bicyclic) bond motifs is 2. The molecule has 5 nitrogen and oxygen atoms in total. The molecule has 2 aliphatic carbocycles. The number of benzene rings is 1. The van der Waals surface area contributed by atoms with Crippen molar-refractivity contribution in [3.05, 3.63) is 29.8 Å². The summed E-state index contributed by atoms with van der Waals surface area (Å²) in [4.78, 5) is 36.1. The molecule has 2 aliphatic rings. The van der Waals surface area contributed by atoms with Crippen molar-refractivity contribution in [2.24, 2.45) is 23.7 Å². The summed E-state index contributed by atoms with van der Waals surface area (Å²) in [7, 11) is 0. The minimum Gasteiger partial charge on any atom is -0.457 e. The van der Waals surface area contributed by atoms with E-state index in [2.05, 4.69) is 5.32 Å². The number of ketones is 1. The molecule has 1 aromatic rings. The molecule has 0 aromatic heterocycles. The lowest BCUT2D eigenvalue weighted by Gasteiger charge is -2.20. The number of carbonyl (C=O) groups is 3. The lowest BCUT2D eigenvalue weighted by atomic mass is 9.86. The van der Waals surface area contributed by atoms with Crippen LogP contribution in [0.2, 0.25) is 0 Å². The summed E-state index contributed by atoms with van der Waals surface area (Å²) in [5, 5.41) is 2.81. The molecule has 2 saturated carbocycles. The monoisotopic (exact) mass is 371 g/mol. The summed E-state index contributed by atoms with van der Waals surface area (Å²) < 4.78 is 5.21. The largest absolute Gasteiger partial charge is 0.457 e. The fourth-order valence-electron chi connectivity index (χ4n) is 4.45. The molecule has 1 aromatic carbocycles. The number of rotatable bonds is 8. The third-order valence-electron chi connectivity index (χ3n) is 5.76. The first-order chi connectivity index (χ1) is 12.9. The predicted molar refractivity (Wildman–Crippen MR) is 103 cm³/mol. The second kappa shape index (κ2) is 8.68. The number of nitrogens with one attached hydrogen (secondary N) is 1. The number of esters is 1. The Morgan fingerprint density at radius 3 is 2.44 bits per heavy atom. The second-order valence-electron chi connectivity index (χ2n) is 8.45. The molecule has 3 rings (SSSR count). The molecule has 1 N–H and O–H groups in total. The van der Waals surface area contributed by atoms with E-state index in [4.69, 9.17) is 4.74 Å². The van der Waals surface area contributed by atoms with E-state index in [1.54, 1.807) is 24.3 Å². The molecular weight excluding hydrogens is 342 g/mol. The average molecular weight is 371 g/mol. The smallest absolute Gasteiger partial charge is 0.306 e. The first-order valence-corrected chi connectivity index (χ1v) is 9.99. The second-order valence-corrected chi connectivity index (χ2v) is 8.45. The van der Waals surface area contributed by atoms with Gasteiger partial charge in [0.1, 0.15) is 0 Å². The molecule has 146 valence electrons. The highest BCUT2D eigenvalue weighted by Crippen LogP contribution is 2.49. The lowest BCUT2D eigenvalue weighted by Crippen LogP contribution is -2.19. The van der Waals surface area contributed by atoms with Crippen LogP contribution in [0.5, 0.6) is 0 Å². The zero-order valence-corrected chi connectivity index (χ0v) is 16.2. The number of hydrogen-bond acceptors (Lipinski definition) is 4. The van der Waals surface area contributed by atoms with Gasteiger partial charge in [0.25, 0.3) is 0 Å². The van der Waals surface area contributed by atoms with E-state index in [9.17, 15) is 14.4 Å². The quantitative estimate of drug-likeness (QED) is 0.548. The molecule has 2 fully saturated rings. The minimum atomic E-state index is -0.265. The van der Waals surface area contributed by atoms with Crippen LogP contribution in [0, 0.1) is 23.7 Å². The summed E-state index contributed by atoms with van der Waals surface area (Å²) in [6.07, 6.45) is 5.84. The highest BCUT2D eigenvalue weighted by molar-refractivity contribution is 5.98. The van der Waals surface area contributed by atoms with Gasteiger partial charge < -0.3 is 10.1 Å². The Bertz CT molecular complexity index is 695. The molecule has 2 bridgehead atoms. The standard InChI is InChI=1S/C22H29NO4/c1-14(2)9-21(25)23-19-7-5-16(6-8-19)20(24)13-27-22(26)12-18-11-15-3-4-17(18)10-15/h5-8,14-15,17-18H,3-4,9-13H2,1-2H3,(H,23,25)/t15-,17-,18+/m1/s1. The van der Waals surface area contributed by atoms with Crippen LogP contribution in [-0.2, 0) is 14.3 Å². The lowest BCUT2D eigenvalue weighted by molar-refractivity contribution is -0.144. The molecule has 27 heavy (non-hydrogen) atoms. The molecule has 0 heterocycles. The molecule has 5 heteroatoms. The number of carbonyl (C=O) groups excluding carboxylic acids is 3. The Labute approximate surface area is 160 Å². The van der Waals surface area contributed by atoms with E-state index < -0.39 is 0 Å². The first kappa shape index (κ1) is 19.6. The molecule has 0 radical (unpaired) electrons. The molecule has 0 aliphatic heterocycles. The summed E-state index contributed by atoms with van der Waals surface area (Å²) in [6, 6.07) is 6.69. The van der Waals surface area contributed by atoms with Crippen molar-refractivity contribution >= 4 is 23.3 Å². The summed E-state index contributed by atoms with van der Waals surface area (Å²) in [5.74, 6) is 1.68. The maximum absolute atomic E-state index is 12.2. The topological polar surface area (TPSA) is 72.5 Å². The molecule has 1 amide bonds. The Hall–Kier alpha value is -2.17. The van der Waals surface area contributed by atoms with Gasteiger partial charge in [-0.1, -0.05) is 20.3 Å². The van der Waals surface area contributed by atoms with Gasteiger partial charge in [-0.05, 0) is 67.2 Å². The van der Waals surface area contributed by atoms with E-state index in [1.807, 2.05) is 13.8 Å². The third kappa shape index (κ3) is 5.41. The highest BCUT2D eigenvalue weighted by Gasteiger charge is 2.40. The van der Waals surface area contributed by atoms with Crippen molar-refractivity contribution in [3.8, 4) is 0 Å².